The standard InChI is InChI=1S/C22H20N2O5/c1-4-24-17-8-14-12(2)5-15(23-16(14)9-18(17)27-10-21(24)25)13-6-19(26-3)22-20(7-13)28-11-29-22/h5-9H,4,10-11H2,1-3H3. The first-order valence-corrected chi connectivity index (χ1v) is 9.45. The van der Waals surface area contributed by atoms with E-state index in [4.69, 9.17) is 23.9 Å². The van der Waals surface area contributed by atoms with Crippen LogP contribution in [-0.2, 0) is 4.79 Å². The highest BCUT2D eigenvalue weighted by Crippen LogP contribution is 2.44. The van der Waals surface area contributed by atoms with Crippen LogP contribution in [0.5, 0.6) is 23.0 Å². The number of aryl methyl sites for hydroxylation is 1. The lowest BCUT2D eigenvalue weighted by molar-refractivity contribution is -0.121. The maximum Gasteiger partial charge on any atom is 0.265 e. The fourth-order valence-corrected chi connectivity index (χ4v) is 3.86. The van der Waals surface area contributed by atoms with E-state index >= 15 is 0 Å². The van der Waals surface area contributed by atoms with Crippen molar-refractivity contribution in [2.24, 2.45) is 0 Å². The second-order valence-electron chi connectivity index (χ2n) is 7.00. The molecule has 0 spiro atoms. The molecule has 29 heavy (non-hydrogen) atoms. The number of benzene rings is 2. The van der Waals surface area contributed by atoms with E-state index in [1.165, 1.54) is 0 Å². The van der Waals surface area contributed by atoms with Crippen molar-refractivity contribution in [3.05, 3.63) is 35.9 Å². The fourth-order valence-electron chi connectivity index (χ4n) is 3.86. The minimum absolute atomic E-state index is 0.0333. The van der Waals surface area contributed by atoms with Crippen molar-refractivity contribution in [3.63, 3.8) is 0 Å². The molecule has 0 atom stereocenters. The van der Waals surface area contributed by atoms with Gasteiger partial charge in [-0.2, -0.15) is 0 Å². The molecular formula is C22H20N2O5. The minimum Gasteiger partial charge on any atom is -0.493 e. The number of methoxy groups -OCH3 is 1. The van der Waals surface area contributed by atoms with Crippen LogP contribution >= 0.6 is 0 Å². The van der Waals surface area contributed by atoms with E-state index in [1.807, 2.05) is 44.2 Å². The van der Waals surface area contributed by atoms with Crippen LogP contribution in [0, 0.1) is 6.92 Å². The lowest BCUT2D eigenvalue weighted by Gasteiger charge is -2.28. The second-order valence-corrected chi connectivity index (χ2v) is 7.00. The van der Waals surface area contributed by atoms with E-state index in [0.717, 1.165) is 33.4 Å². The predicted octanol–water partition coefficient (Wildman–Crippen LogP) is 3.69. The Bertz CT molecular complexity index is 1160. The van der Waals surface area contributed by atoms with E-state index in [2.05, 4.69) is 0 Å². The third-order valence-electron chi connectivity index (χ3n) is 5.31. The van der Waals surface area contributed by atoms with Gasteiger partial charge < -0.3 is 23.8 Å². The SMILES string of the molecule is CCN1C(=O)COc2cc3nc(-c4cc(OC)c5c(c4)OCO5)cc(C)c3cc21. The lowest BCUT2D eigenvalue weighted by atomic mass is 10.0. The lowest BCUT2D eigenvalue weighted by Crippen LogP contribution is -2.38. The zero-order chi connectivity index (χ0) is 20.1. The first kappa shape index (κ1) is 17.6. The highest BCUT2D eigenvalue weighted by Gasteiger charge is 2.26. The van der Waals surface area contributed by atoms with Gasteiger partial charge >= 0.3 is 0 Å². The zero-order valence-electron chi connectivity index (χ0n) is 16.4. The number of nitrogens with zero attached hydrogens (tertiary/aromatic N) is 2. The highest BCUT2D eigenvalue weighted by molar-refractivity contribution is 6.01. The molecule has 5 rings (SSSR count). The van der Waals surface area contributed by atoms with Crippen LogP contribution in [0.2, 0.25) is 0 Å². The first-order valence-electron chi connectivity index (χ1n) is 9.45. The maximum atomic E-state index is 12.2. The molecule has 148 valence electrons. The van der Waals surface area contributed by atoms with Gasteiger partial charge in [-0.1, -0.05) is 0 Å². The Labute approximate surface area is 167 Å². The predicted molar refractivity (Wildman–Crippen MR) is 108 cm³/mol. The maximum absolute atomic E-state index is 12.2. The quantitative estimate of drug-likeness (QED) is 0.677. The van der Waals surface area contributed by atoms with Crippen molar-refractivity contribution < 1.29 is 23.7 Å². The van der Waals surface area contributed by atoms with Gasteiger partial charge in [0.1, 0.15) is 5.75 Å². The van der Waals surface area contributed by atoms with Crippen LogP contribution in [0.4, 0.5) is 5.69 Å². The summed E-state index contributed by atoms with van der Waals surface area (Å²) in [5, 5.41) is 0.983. The monoisotopic (exact) mass is 392 g/mol. The number of pyridine rings is 1. The summed E-state index contributed by atoms with van der Waals surface area (Å²) in [7, 11) is 1.60. The van der Waals surface area contributed by atoms with Crippen LogP contribution in [0.15, 0.2) is 30.3 Å². The number of anilines is 1. The number of amides is 1. The molecule has 0 fully saturated rings. The summed E-state index contributed by atoms with van der Waals surface area (Å²) >= 11 is 0. The summed E-state index contributed by atoms with van der Waals surface area (Å²) in [6.07, 6.45) is 0. The molecule has 0 radical (unpaired) electrons. The number of hydrogen-bond acceptors (Lipinski definition) is 6. The molecule has 0 saturated heterocycles. The molecule has 7 nitrogen and oxygen atoms in total. The van der Waals surface area contributed by atoms with Gasteiger partial charge in [0, 0.05) is 23.6 Å². The molecule has 2 aliphatic rings. The topological polar surface area (TPSA) is 70.1 Å². The Kier molecular flexibility index (Phi) is 3.97. The Morgan fingerprint density at radius 2 is 1.97 bits per heavy atom. The molecule has 7 heteroatoms. The summed E-state index contributed by atoms with van der Waals surface area (Å²) in [5.74, 6) is 2.51. The summed E-state index contributed by atoms with van der Waals surface area (Å²) in [4.78, 5) is 18.7. The van der Waals surface area contributed by atoms with Crippen molar-refractivity contribution in [2.75, 3.05) is 32.0 Å². The van der Waals surface area contributed by atoms with Gasteiger partial charge in [0.05, 0.1) is 24.0 Å². The molecule has 0 aliphatic carbocycles. The van der Waals surface area contributed by atoms with Crippen molar-refractivity contribution in [2.45, 2.75) is 13.8 Å². The molecule has 1 amide bonds. The Morgan fingerprint density at radius 1 is 1.10 bits per heavy atom. The highest BCUT2D eigenvalue weighted by atomic mass is 16.7. The van der Waals surface area contributed by atoms with Crippen LogP contribution in [-0.4, -0.2) is 37.9 Å². The number of ether oxygens (including phenoxy) is 4. The van der Waals surface area contributed by atoms with Crippen LogP contribution < -0.4 is 23.8 Å². The zero-order valence-corrected chi connectivity index (χ0v) is 16.4. The molecule has 2 aromatic carbocycles. The van der Waals surface area contributed by atoms with Crippen molar-refractivity contribution >= 4 is 22.5 Å². The molecule has 0 saturated carbocycles. The van der Waals surface area contributed by atoms with E-state index < -0.39 is 0 Å². The van der Waals surface area contributed by atoms with E-state index in [-0.39, 0.29) is 19.3 Å². The van der Waals surface area contributed by atoms with Gasteiger partial charge in [-0.25, -0.2) is 4.98 Å². The van der Waals surface area contributed by atoms with Gasteiger partial charge in [0.2, 0.25) is 12.5 Å². The molecule has 1 aromatic heterocycles. The summed E-state index contributed by atoms with van der Waals surface area (Å²) in [5.41, 5.74) is 4.32. The Balaban J connectivity index is 1.66. The number of carbonyl (C=O) groups is 1. The summed E-state index contributed by atoms with van der Waals surface area (Å²) in [6, 6.07) is 9.71. The largest absolute Gasteiger partial charge is 0.493 e. The third kappa shape index (κ3) is 2.73. The van der Waals surface area contributed by atoms with Crippen LogP contribution in [0.1, 0.15) is 12.5 Å². The van der Waals surface area contributed by atoms with Crippen LogP contribution in [0.3, 0.4) is 0 Å². The normalized spacial score (nSPS) is 14.7. The molecule has 3 heterocycles. The van der Waals surface area contributed by atoms with Gasteiger partial charge in [-0.15, -0.1) is 0 Å². The number of hydrogen-bond donors (Lipinski definition) is 0. The van der Waals surface area contributed by atoms with Gasteiger partial charge in [-0.3, -0.25) is 4.79 Å². The van der Waals surface area contributed by atoms with Crippen LogP contribution in [0.25, 0.3) is 22.2 Å². The number of aromatic nitrogens is 1. The molecular weight excluding hydrogens is 372 g/mol. The summed E-state index contributed by atoms with van der Waals surface area (Å²) < 4.78 is 22.1. The molecule has 2 aliphatic heterocycles. The number of rotatable bonds is 3. The van der Waals surface area contributed by atoms with E-state index in [9.17, 15) is 4.79 Å². The number of carbonyl (C=O) groups excluding carboxylic acids is 1. The summed E-state index contributed by atoms with van der Waals surface area (Å²) in [6.45, 7) is 4.81. The van der Waals surface area contributed by atoms with Gasteiger partial charge in [0.25, 0.3) is 5.91 Å². The van der Waals surface area contributed by atoms with E-state index in [0.29, 0.717) is 29.5 Å². The Hall–Kier alpha value is -3.48. The van der Waals surface area contributed by atoms with Crippen molar-refractivity contribution in [3.8, 4) is 34.3 Å². The van der Waals surface area contributed by atoms with E-state index in [1.54, 1.807) is 12.0 Å². The molecule has 3 aromatic rings. The third-order valence-corrected chi connectivity index (χ3v) is 5.31. The van der Waals surface area contributed by atoms with Gasteiger partial charge in [0.15, 0.2) is 18.1 Å². The molecule has 0 unspecified atom stereocenters. The minimum atomic E-state index is -0.0333. The Morgan fingerprint density at radius 3 is 2.76 bits per heavy atom. The number of fused-ring (bicyclic) bond motifs is 3. The first-order chi connectivity index (χ1) is 14.1. The van der Waals surface area contributed by atoms with Crippen molar-refractivity contribution in [1.82, 2.24) is 4.98 Å². The average molecular weight is 392 g/mol. The van der Waals surface area contributed by atoms with Gasteiger partial charge in [-0.05, 0) is 43.7 Å². The fraction of sp³-hybridized carbons (Fsp3) is 0.273. The van der Waals surface area contributed by atoms with Crippen molar-refractivity contribution in [1.29, 1.82) is 0 Å². The average Bonchev–Trinajstić information content (AvgIpc) is 3.20. The number of likely N-dealkylation sites (N-methyl/N-ethyl adjacent to an activating group) is 1. The molecule has 0 N–H and O–H groups in total. The molecule has 0 bridgehead atoms. The smallest absolute Gasteiger partial charge is 0.265 e. The second kappa shape index (κ2) is 6.55.